The number of anilines is 3. The summed E-state index contributed by atoms with van der Waals surface area (Å²) in [5.41, 5.74) is 3.35. The Labute approximate surface area is 245 Å². The number of benzene rings is 2. The van der Waals surface area contributed by atoms with E-state index in [9.17, 15) is 22.8 Å². The summed E-state index contributed by atoms with van der Waals surface area (Å²) in [6.07, 6.45) is 1.42. The number of alkyl halides is 2. The van der Waals surface area contributed by atoms with Gasteiger partial charge in [0, 0.05) is 30.0 Å². The normalized spacial score (nSPS) is 16.2. The number of aromatic nitrogens is 1. The maximum Gasteiger partial charge on any atom is 0.276 e. The number of pyridine rings is 1. The molecule has 0 radical (unpaired) electrons. The van der Waals surface area contributed by atoms with Gasteiger partial charge in [-0.2, -0.15) is 0 Å². The van der Waals surface area contributed by atoms with E-state index < -0.39 is 24.2 Å². The van der Waals surface area contributed by atoms with Crippen LogP contribution < -0.4 is 15.1 Å². The van der Waals surface area contributed by atoms with E-state index >= 15 is 0 Å². The highest BCUT2D eigenvalue weighted by molar-refractivity contribution is 7.17. The van der Waals surface area contributed by atoms with Crippen LogP contribution in [0.1, 0.15) is 50.5 Å². The van der Waals surface area contributed by atoms with E-state index in [2.05, 4.69) is 10.3 Å². The fraction of sp³-hybridized carbons (Fsp3) is 0.281. The second-order valence-corrected chi connectivity index (χ2v) is 11.7. The molecule has 0 aliphatic carbocycles. The van der Waals surface area contributed by atoms with Gasteiger partial charge in [-0.3, -0.25) is 9.59 Å². The average Bonchev–Trinajstić information content (AvgIpc) is 3.23. The zero-order valence-corrected chi connectivity index (χ0v) is 23.8. The molecule has 0 bridgehead atoms. The van der Waals surface area contributed by atoms with E-state index in [1.807, 2.05) is 24.3 Å². The number of nitrogens with zero attached hydrogens (tertiary/aromatic N) is 3. The van der Waals surface area contributed by atoms with Crippen LogP contribution in [0.25, 0.3) is 10.4 Å². The molecule has 2 amide bonds. The topological polar surface area (TPSA) is 65.5 Å². The first-order chi connectivity index (χ1) is 20.2. The number of carbonyl (C=O) groups is 2. The summed E-state index contributed by atoms with van der Waals surface area (Å²) < 4.78 is 43.0. The van der Waals surface area contributed by atoms with Gasteiger partial charge in [0.2, 0.25) is 0 Å². The Balaban J connectivity index is 1.28. The number of para-hydroxylation sites is 2. The molecule has 4 aromatic rings. The van der Waals surface area contributed by atoms with Gasteiger partial charge >= 0.3 is 0 Å². The molecule has 0 saturated carbocycles. The zero-order chi connectivity index (χ0) is 29.4. The van der Waals surface area contributed by atoms with Crippen molar-refractivity contribution in [3.63, 3.8) is 0 Å². The van der Waals surface area contributed by atoms with Crippen LogP contribution in [0, 0.1) is 12.7 Å². The first-order valence-corrected chi connectivity index (χ1v) is 14.7. The van der Waals surface area contributed by atoms with Gasteiger partial charge in [0.1, 0.15) is 17.3 Å². The van der Waals surface area contributed by atoms with E-state index in [0.717, 1.165) is 16.0 Å². The van der Waals surface area contributed by atoms with Crippen molar-refractivity contribution in [2.45, 2.75) is 38.5 Å². The number of amides is 2. The van der Waals surface area contributed by atoms with Gasteiger partial charge in [-0.15, -0.1) is 11.3 Å². The molecule has 1 N–H and O–H groups in total. The summed E-state index contributed by atoms with van der Waals surface area (Å²) >= 11 is 1.30. The molecule has 10 heteroatoms. The van der Waals surface area contributed by atoms with Gasteiger partial charge in [0.05, 0.1) is 22.8 Å². The SMILES string of the molecule is Cc1cccc(F)c1NC(=O)c1cc2c(s1)-c1ccccc1N(C(=O)c1cccc(N3CCCCC(F)(F)C3)n1)CC2. The molecule has 0 unspecified atom stereocenters. The Bertz CT molecular complexity index is 1650. The van der Waals surface area contributed by atoms with Gasteiger partial charge in [-0.05, 0) is 67.6 Å². The number of nitrogens with one attached hydrogen (secondary N) is 1. The van der Waals surface area contributed by atoms with E-state index in [1.54, 1.807) is 53.1 Å². The minimum Gasteiger partial charge on any atom is -0.351 e. The van der Waals surface area contributed by atoms with Gasteiger partial charge in [-0.1, -0.05) is 36.4 Å². The highest BCUT2D eigenvalue weighted by Gasteiger charge is 2.34. The molecular formula is C32H29F3N4O2S. The number of fused-ring (bicyclic) bond motifs is 3. The van der Waals surface area contributed by atoms with Crippen molar-refractivity contribution in [3.8, 4) is 10.4 Å². The van der Waals surface area contributed by atoms with Crippen molar-refractivity contribution in [2.75, 3.05) is 34.8 Å². The van der Waals surface area contributed by atoms with Crippen LogP contribution in [0.5, 0.6) is 0 Å². The first-order valence-electron chi connectivity index (χ1n) is 13.9. The lowest BCUT2D eigenvalue weighted by Gasteiger charge is -2.26. The van der Waals surface area contributed by atoms with Crippen LogP contribution in [0.3, 0.4) is 0 Å². The molecule has 0 spiro atoms. The number of aryl methyl sites for hydroxylation is 1. The van der Waals surface area contributed by atoms with E-state index in [-0.39, 0.29) is 23.7 Å². The van der Waals surface area contributed by atoms with Crippen molar-refractivity contribution in [1.82, 2.24) is 4.98 Å². The fourth-order valence-corrected chi connectivity index (χ4v) is 6.70. The minimum absolute atomic E-state index is 0.150. The molecule has 2 aliphatic heterocycles. The second-order valence-electron chi connectivity index (χ2n) is 10.7. The number of rotatable bonds is 4. The maximum absolute atomic E-state index is 14.4. The van der Waals surface area contributed by atoms with Crippen LogP contribution in [0.2, 0.25) is 0 Å². The van der Waals surface area contributed by atoms with Crippen molar-refractivity contribution in [1.29, 1.82) is 0 Å². The highest BCUT2D eigenvalue weighted by Crippen LogP contribution is 2.42. The number of halogens is 3. The molecule has 6 nitrogen and oxygen atoms in total. The molecular weight excluding hydrogens is 561 g/mol. The first kappa shape index (κ1) is 28.0. The molecule has 0 atom stereocenters. The Morgan fingerprint density at radius 1 is 1.00 bits per heavy atom. The smallest absolute Gasteiger partial charge is 0.276 e. The van der Waals surface area contributed by atoms with Crippen LogP contribution in [0.15, 0.2) is 66.7 Å². The molecule has 1 saturated heterocycles. The third kappa shape index (κ3) is 5.51. The molecule has 216 valence electrons. The molecule has 1 fully saturated rings. The Hall–Kier alpha value is -4.18. The molecule has 2 aliphatic rings. The second kappa shape index (κ2) is 11.2. The summed E-state index contributed by atoms with van der Waals surface area (Å²) in [6.45, 7) is 2.11. The van der Waals surface area contributed by atoms with Crippen molar-refractivity contribution < 1.29 is 22.8 Å². The average molecular weight is 591 g/mol. The maximum atomic E-state index is 14.4. The summed E-state index contributed by atoms with van der Waals surface area (Å²) in [5.74, 6) is -3.65. The molecule has 2 aromatic carbocycles. The Morgan fingerprint density at radius 3 is 2.64 bits per heavy atom. The fourth-order valence-electron chi connectivity index (χ4n) is 5.56. The third-order valence-corrected chi connectivity index (χ3v) is 8.91. The number of thiophene rings is 1. The largest absolute Gasteiger partial charge is 0.351 e. The summed E-state index contributed by atoms with van der Waals surface area (Å²) in [6, 6.07) is 18.9. The van der Waals surface area contributed by atoms with Crippen molar-refractivity contribution >= 4 is 40.3 Å². The van der Waals surface area contributed by atoms with E-state index in [1.165, 1.54) is 17.4 Å². The van der Waals surface area contributed by atoms with Crippen molar-refractivity contribution in [2.24, 2.45) is 0 Å². The predicted molar refractivity (Wildman–Crippen MR) is 159 cm³/mol. The van der Waals surface area contributed by atoms with Crippen molar-refractivity contribution in [3.05, 3.63) is 94.2 Å². The molecule has 2 aromatic heterocycles. The number of hydrogen-bond acceptors (Lipinski definition) is 5. The standard InChI is InChI=1S/C32H29F3N4O2S/c1-20-8-6-10-23(33)28(20)37-30(40)26-18-21-14-17-39(25-12-3-2-9-22(25)29(21)42-26)31(41)24-11-7-13-27(36-24)38-16-5-4-15-32(34,35)19-38/h2-3,6-13,18H,4-5,14-17,19H2,1H3,(H,37,40). The number of hydrogen-bond donors (Lipinski definition) is 1. The van der Waals surface area contributed by atoms with E-state index in [0.29, 0.717) is 54.3 Å². The van der Waals surface area contributed by atoms with Crippen LogP contribution in [-0.4, -0.2) is 42.4 Å². The molecule has 4 heterocycles. The minimum atomic E-state index is -2.80. The Kier molecular flexibility index (Phi) is 7.49. The monoisotopic (exact) mass is 590 g/mol. The van der Waals surface area contributed by atoms with E-state index in [4.69, 9.17) is 0 Å². The van der Waals surface area contributed by atoms with Crippen LogP contribution in [0.4, 0.5) is 30.4 Å². The number of carbonyl (C=O) groups excluding carboxylic acids is 2. The lowest BCUT2D eigenvalue weighted by Crippen LogP contribution is -2.36. The zero-order valence-electron chi connectivity index (χ0n) is 23.0. The van der Waals surface area contributed by atoms with Crippen LogP contribution in [-0.2, 0) is 6.42 Å². The molecule has 6 rings (SSSR count). The summed E-state index contributed by atoms with van der Waals surface area (Å²) in [4.78, 5) is 36.1. The predicted octanol–water partition coefficient (Wildman–Crippen LogP) is 7.34. The highest BCUT2D eigenvalue weighted by atomic mass is 32.1. The lowest BCUT2D eigenvalue weighted by atomic mass is 10.1. The summed E-state index contributed by atoms with van der Waals surface area (Å²) in [5, 5.41) is 2.71. The van der Waals surface area contributed by atoms with Gasteiger partial charge in [0.25, 0.3) is 17.7 Å². The third-order valence-electron chi connectivity index (χ3n) is 7.70. The summed E-state index contributed by atoms with van der Waals surface area (Å²) in [7, 11) is 0. The Morgan fingerprint density at radius 2 is 1.81 bits per heavy atom. The lowest BCUT2D eigenvalue weighted by molar-refractivity contribution is 0.00335. The van der Waals surface area contributed by atoms with Gasteiger partial charge in [0.15, 0.2) is 0 Å². The van der Waals surface area contributed by atoms with Crippen LogP contribution >= 0.6 is 11.3 Å². The van der Waals surface area contributed by atoms with Gasteiger partial charge in [-0.25, -0.2) is 18.2 Å². The molecule has 42 heavy (non-hydrogen) atoms. The van der Waals surface area contributed by atoms with Gasteiger partial charge < -0.3 is 15.1 Å². The quantitative estimate of drug-likeness (QED) is 0.270.